The van der Waals surface area contributed by atoms with Gasteiger partial charge in [0.1, 0.15) is 0 Å². The molecule has 0 spiro atoms. The molecule has 1 rings (SSSR count). The van der Waals surface area contributed by atoms with Crippen LogP contribution in [-0.2, 0) is 0 Å². The van der Waals surface area contributed by atoms with Crippen molar-refractivity contribution in [2.24, 2.45) is 0 Å². The summed E-state index contributed by atoms with van der Waals surface area (Å²) in [5.41, 5.74) is 0. The maximum atomic E-state index is 3.55. The van der Waals surface area contributed by atoms with Gasteiger partial charge in [-0.2, -0.15) is 0 Å². The first-order valence-electron chi connectivity index (χ1n) is 4.64. The summed E-state index contributed by atoms with van der Waals surface area (Å²) in [6.07, 6.45) is 1.17. The van der Waals surface area contributed by atoms with Crippen LogP contribution in [0.1, 0.15) is 38.1 Å². The second kappa shape index (κ2) is 5.13. The Kier molecular flexibility index (Phi) is 4.42. The van der Waals surface area contributed by atoms with Crippen molar-refractivity contribution in [3.05, 3.63) is 20.8 Å². The predicted octanol–water partition coefficient (Wildman–Crippen LogP) is 3.96. The van der Waals surface area contributed by atoms with Crippen molar-refractivity contribution in [1.29, 1.82) is 0 Å². The Labute approximate surface area is 92.7 Å². The quantitative estimate of drug-likeness (QED) is 0.866. The average Bonchev–Trinajstić information content (AvgIpc) is 2.51. The molecule has 1 aromatic rings. The van der Waals surface area contributed by atoms with E-state index in [0.29, 0.717) is 12.1 Å². The lowest BCUT2D eigenvalue weighted by atomic mass is 10.2. The van der Waals surface area contributed by atoms with Crippen molar-refractivity contribution in [1.82, 2.24) is 5.32 Å². The molecule has 0 fully saturated rings. The van der Waals surface area contributed by atoms with Crippen LogP contribution in [-0.4, -0.2) is 6.04 Å². The Balaban J connectivity index is 2.58. The van der Waals surface area contributed by atoms with Gasteiger partial charge in [-0.3, -0.25) is 0 Å². The van der Waals surface area contributed by atoms with E-state index >= 15 is 0 Å². The highest BCUT2D eigenvalue weighted by atomic mass is 79.9. The molecule has 2 unspecified atom stereocenters. The van der Waals surface area contributed by atoms with Gasteiger partial charge in [0.25, 0.3) is 0 Å². The van der Waals surface area contributed by atoms with Crippen LogP contribution in [0.15, 0.2) is 15.9 Å². The second-order valence-electron chi connectivity index (χ2n) is 3.33. The van der Waals surface area contributed by atoms with E-state index in [1.165, 1.54) is 15.8 Å². The minimum atomic E-state index is 0.448. The third-order valence-corrected chi connectivity index (χ3v) is 4.24. The van der Waals surface area contributed by atoms with Gasteiger partial charge in [-0.1, -0.05) is 6.92 Å². The smallest absolute Gasteiger partial charge is 0.0399 e. The largest absolute Gasteiger partial charge is 0.307 e. The number of hydrogen-bond acceptors (Lipinski definition) is 2. The second-order valence-corrected chi connectivity index (χ2v) is 5.13. The molecule has 0 bridgehead atoms. The van der Waals surface area contributed by atoms with E-state index in [4.69, 9.17) is 0 Å². The summed E-state index contributed by atoms with van der Waals surface area (Å²) in [6.45, 7) is 6.63. The molecule has 74 valence electrons. The topological polar surface area (TPSA) is 12.0 Å². The van der Waals surface area contributed by atoms with Crippen molar-refractivity contribution in [3.8, 4) is 0 Å². The fourth-order valence-corrected chi connectivity index (χ4v) is 2.97. The van der Waals surface area contributed by atoms with Gasteiger partial charge in [0, 0.05) is 21.4 Å². The first-order chi connectivity index (χ1) is 6.15. The average molecular weight is 262 g/mol. The maximum Gasteiger partial charge on any atom is 0.0399 e. The number of hydrogen-bond donors (Lipinski definition) is 1. The number of halogens is 1. The van der Waals surface area contributed by atoms with Crippen LogP contribution in [0.2, 0.25) is 0 Å². The Hall–Kier alpha value is 0.140. The molecular weight excluding hydrogens is 246 g/mol. The van der Waals surface area contributed by atoms with Crippen molar-refractivity contribution in [3.63, 3.8) is 0 Å². The fourth-order valence-electron chi connectivity index (χ4n) is 1.23. The van der Waals surface area contributed by atoms with Gasteiger partial charge in [0.15, 0.2) is 0 Å². The van der Waals surface area contributed by atoms with Gasteiger partial charge in [0.2, 0.25) is 0 Å². The van der Waals surface area contributed by atoms with Crippen molar-refractivity contribution >= 4 is 27.3 Å². The lowest BCUT2D eigenvalue weighted by Crippen LogP contribution is -2.27. The van der Waals surface area contributed by atoms with Gasteiger partial charge in [0.05, 0.1) is 0 Å². The van der Waals surface area contributed by atoms with E-state index in [-0.39, 0.29) is 0 Å². The van der Waals surface area contributed by atoms with Crippen LogP contribution in [0.25, 0.3) is 0 Å². The van der Waals surface area contributed by atoms with Crippen molar-refractivity contribution in [2.45, 2.75) is 39.3 Å². The van der Waals surface area contributed by atoms with Gasteiger partial charge in [-0.15, -0.1) is 11.3 Å². The number of rotatable bonds is 4. The molecule has 0 saturated carbocycles. The number of thiophene rings is 1. The summed E-state index contributed by atoms with van der Waals surface area (Å²) in [5.74, 6) is 0. The molecule has 1 nitrogen and oxygen atoms in total. The minimum Gasteiger partial charge on any atom is -0.307 e. The molecule has 1 N–H and O–H groups in total. The molecular formula is C10H16BrNS. The Morgan fingerprint density at radius 3 is 2.69 bits per heavy atom. The summed E-state index contributed by atoms with van der Waals surface area (Å²) < 4.78 is 1.22. The molecule has 2 atom stereocenters. The van der Waals surface area contributed by atoms with Crippen LogP contribution in [0.3, 0.4) is 0 Å². The monoisotopic (exact) mass is 261 g/mol. The van der Waals surface area contributed by atoms with Gasteiger partial charge >= 0.3 is 0 Å². The molecule has 13 heavy (non-hydrogen) atoms. The molecule has 1 heterocycles. The molecule has 3 heteroatoms. The van der Waals surface area contributed by atoms with E-state index in [1.807, 2.05) is 0 Å². The first kappa shape index (κ1) is 11.2. The summed E-state index contributed by atoms with van der Waals surface area (Å²) in [7, 11) is 0. The zero-order valence-electron chi connectivity index (χ0n) is 8.30. The fraction of sp³-hybridized carbons (Fsp3) is 0.600. The molecule has 0 aliphatic carbocycles. The van der Waals surface area contributed by atoms with E-state index < -0.39 is 0 Å². The molecule has 0 aliphatic heterocycles. The summed E-state index contributed by atoms with van der Waals surface area (Å²) in [4.78, 5) is 1.39. The number of nitrogens with one attached hydrogen (secondary N) is 1. The molecule has 0 radical (unpaired) electrons. The summed E-state index contributed by atoms with van der Waals surface area (Å²) in [6, 6.07) is 3.14. The molecule has 0 aliphatic rings. The zero-order chi connectivity index (χ0) is 9.84. The van der Waals surface area contributed by atoms with Gasteiger partial charge in [-0.25, -0.2) is 0 Å². The maximum absolute atomic E-state index is 3.55. The zero-order valence-corrected chi connectivity index (χ0v) is 10.7. The highest BCUT2D eigenvalue weighted by Gasteiger charge is 2.11. The van der Waals surface area contributed by atoms with E-state index in [9.17, 15) is 0 Å². The van der Waals surface area contributed by atoms with E-state index in [2.05, 4.69) is 53.5 Å². The standard InChI is InChI=1S/C10H16BrNS/c1-4-7(2)12-8(3)10-9(11)5-6-13-10/h5-8,12H,4H2,1-3H3. The predicted molar refractivity (Wildman–Crippen MR) is 63.3 cm³/mol. The van der Waals surface area contributed by atoms with E-state index in [1.54, 1.807) is 11.3 Å². The molecule has 0 amide bonds. The van der Waals surface area contributed by atoms with Gasteiger partial charge in [-0.05, 0) is 47.6 Å². The lowest BCUT2D eigenvalue weighted by molar-refractivity contribution is 0.473. The van der Waals surface area contributed by atoms with Crippen LogP contribution < -0.4 is 5.32 Å². The third-order valence-electron chi connectivity index (χ3n) is 2.18. The van der Waals surface area contributed by atoms with Crippen molar-refractivity contribution < 1.29 is 0 Å². The highest BCUT2D eigenvalue weighted by Crippen LogP contribution is 2.28. The van der Waals surface area contributed by atoms with Crippen LogP contribution in [0.5, 0.6) is 0 Å². The van der Waals surface area contributed by atoms with Crippen molar-refractivity contribution in [2.75, 3.05) is 0 Å². The first-order valence-corrected chi connectivity index (χ1v) is 6.31. The van der Waals surface area contributed by atoms with Gasteiger partial charge < -0.3 is 5.32 Å². The molecule has 1 aromatic heterocycles. The Morgan fingerprint density at radius 1 is 1.54 bits per heavy atom. The lowest BCUT2D eigenvalue weighted by Gasteiger charge is -2.18. The molecule has 0 saturated heterocycles. The highest BCUT2D eigenvalue weighted by molar-refractivity contribution is 9.10. The van der Waals surface area contributed by atoms with E-state index in [0.717, 1.165) is 0 Å². The normalized spacial score (nSPS) is 15.7. The van der Waals surface area contributed by atoms with Crippen LogP contribution in [0.4, 0.5) is 0 Å². The summed E-state index contributed by atoms with van der Waals surface area (Å²) in [5, 5.41) is 5.67. The Morgan fingerprint density at radius 2 is 2.23 bits per heavy atom. The third kappa shape index (κ3) is 3.08. The summed E-state index contributed by atoms with van der Waals surface area (Å²) >= 11 is 5.35. The SMILES string of the molecule is CCC(C)NC(C)c1sccc1Br. The minimum absolute atomic E-state index is 0.448. The van der Waals surface area contributed by atoms with Crippen LogP contribution in [0, 0.1) is 0 Å². The molecule has 0 aromatic carbocycles. The van der Waals surface area contributed by atoms with Crippen LogP contribution >= 0.6 is 27.3 Å². The Bertz CT molecular complexity index is 259.